The van der Waals surface area contributed by atoms with Crippen molar-refractivity contribution in [1.82, 2.24) is 29.9 Å². The molecule has 3 aromatic rings. The number of pyridine rings is 1. The molecule has 0 bridgehead atoms. The average molecular weight is 715 g/mol. The Kier molecular flexibility index (Phi) is 15.0. The molecule has 3 heterocycles. The zero-order valence-electron chi connectivity index (χ0n) is 27.5. The predicted molar refractivity (Wildman–Crippen MR) is 188 cm³/mol. The van der Waals surface area contributed by atoms with E-state index in [2.05, 4.69) is 45.5 Å². The van der Waals surface area contributed by atoms with Gasteiger partial charge in [-0.25, -0.2) is 9.67 Å². The van der Waals surface area contributed by atoms with Crippen molar-refractivity contribution in [2.45, 2.75) is 95.8 Å². The molecular formula is C31H46Cl2FN7O3SSi. The van der Waals surface area contributed by atoms with Crippen molar-refractivity contribution in [2.75, 3.05) is 23.9 Å². The fraction of sp³-hybridized carbons (Fsp3) is 0.581. The summed E-state index contributed by atoms with van der Waals surface area (Å²) in [6.45, 7) is 12.2. The number of halogens is 3. The van der Waals surface area contributed by atoms with Crippen molar-refractivity contribution in [3.05, 3.63) is 47.4 Å². The second-order valence-electron chi connectivity index (χ2n) is 12.3. The van der Waals surface area contributed by atoms with E-state index in [0.29, 0.717) is 49.4 Å². The van der Waals surface area contributed by atoms with Gasteiger partial charge in [-0.15, -0.1) is 23.2 Å². The number of aromatic nitrogens is 5. The van der Waals surface area contributed by atoms with Crippen LogP contribution in [0, 0.1) is 12.9 Å². The summed E-state index contributed by atoms with van der Waals surface area (Å²) in [5.74, 6) is -0.750. The normalized spacial score (nSPS) is 12.5. The van der Waals surface area contributed by atoms with Gasteiger partial charge < -0.3 is 15.4 Å². The van der Waals surface area contributed by atoms with E-state index in [0.717, 1.165) is 23.9 Å². The lowest BCUT2D eigenvalue weighted by molar-refractivity contribution is -0.118. The van der Waals surface area contributed by atoms with Crippen LogP contribution in [0.3, 0.4) is 0 Å². The van der Waals surface area contributed by atoms with Gasteiger partial charge in [0.1, 0.15) is 29.1 Å². The predicted octanol–water partition coefficient (Wildman–Crippen LogP) is 6.93. The topological polar surface area (TPSA) is 116 Å². The fourth-order valence-corrected chi connectivity index (χ4v) is 6.40. The summed E-state index contributed by atoms with van der Waals surface area (Å²) < 4.78 is 24.9. The quantitative estimate of drug-likeness (QED) is 0.0599. The van der Waals surface area contributed by atoms with Crippen LogP contribution >= 0.6 is 35.0 Å². The molecule has 10 nitrogen and oxygen atoms in total. The minimum atomic E-state index is -1.23. The van der Waals surface area contributed by atoms with E-state index in [9.17, 15) is 9.59 Å². The molecule has 0 fully saturated rings. The Labute approximate surface area is 286 Å². The summed E-state index contributed by atoms with van der Waals surface area (Å²) >= 11 is 13.5. The lowest BCUT2D eigenvalue weighted by atomic mass is 10.0. The van der Waals surface area contributed by atoms with Gasteiger partial charge in [-0.1, -0.05) is 26.6 Å². The first-order valence-corrected chi connectivity index (χ1v) is 21.5. The average Bonchev–Trinajstić information content (AvgIpc) is 3.58. The van der Waals surface area contributed by atoms with E-state index in [1.54, 1.807) is 45.5 Å². The molecule has 0 saturated carbocycles. The number of carbonyl (C=O) groups is 2. The number of nitrogens with zero attached hydrogens (tertiary/aromatic N) is 5. The number of nitrogens with one attached hydrogen (secondary N) is 2. The van der Waals surface area contributed by atoms with Crippen molar-refractivity contribution in [3.63, 3.8) is 0 Å². The third kappa shape index (κ3) is 11.4. The number of hydrogen-bond acceptors (Lipinski definition) is 7. The van der Waals surface area contributed by atoms with Crippen LogP contribution < -0.4 is 10.6 Å². The molecule has 3 aromatic heterocycles. The van der Waals surface area contributed by atoms with Gasteiger partial charge in [0.2, 0.25) is 11.9 Å². The number of alkyl halides is 2. The number of carbonyl (C=O) groups excluding carboxylic acids is 2. The van der Waals surface area contributed by atoms with Gasteiger partial charge in [0.25, 0.3) is 5.91 Å². The molecule has 0 aliphatic rings. The third-order valence-electron chi connectivity index (χ3n) is 7.35. The van der Waals surface area contributed by atoms with Gasteiger partial charge in [-0.2, -0.15) is 26.3 Å². The lowest BCUT2D eigenvalue weighted by Gasteiger charge is -2.19. The first-order chi connectivity index (χ1) is 21.8. The second kappa shape index (κ2) is 18.2. The maximum atomic E-state index is 15.6. The molecule has 0 unspecified atom stereocenters. The molecular weight excluding hydrogens is 668 g/mol. The maximum Gasteiger partial charge on any atom is 0.270 e. The second-order valence-corrected chi connectivity index (χ2v) is 20.2. The summed E-state index contributed by atoms with van der Waals surface area (Å²) in [5, 5.41) is 14.3. The van der Waals surface area contributed by atoms with Crippen LogP contribution in [0.1, 0.15) is 54.5 Å². The summed E-state index contributed by atoms with van der Waals surface area (Å²) in [6, 6.07) is 4.85. The number of hydrogen-bond donors (Lipinski definition) is 2. The van der Waals surface area contributed by atoms with Gasteiger partial charge in [-0.3, -0.25) is 14.3 Å². The molecule has 0 aliphatic carbocycles. The Bertz CT molecular complexity index is 1450. The van der Waals surface area contributed by atoms with Crippen LogP contribution in [-0.2, 0) is 29.2 Å². The van der Waals surface area contributed by atoms with Crippen LogP contribution in [0.15, 0.2) is 24.4 Å². The standard InChI is InChI=1S/C31H46Cl2FN7O3SSi/c1-7-24-28(21(2)39-41(24)20-44-17-19-46(4,5)6)22-12-13-27(37-29(22)34)38-30(42)23(10-8-11-26(32)33)36-31(43)25-14-15-35-40(25)16-9-18-45-3/h12-15,23,26H,7-11,16-20H2,1-6H3,(H,36,43)(H,37,38,42)/t23-/m0/s1. The smallest absolute Gasteiger partial charge is 0.270 e. The van der Waals surface area contributed by atoms with E-state index in [1.165, 1.54) is 0 Å². The van der Waals surface area contributed by atoms with Crippen LogP contribution in [-0.4, -0.2) is 73.9 Å². The highest BCUT2D eigenvalue weighted by Crippen LogP contribution is 2.30. The molecule has 2 amide bonds. The van der Waals surface area contributed by atoms with Gasteiger partial charge in [0, 0.05) is 44.2 Å². The van der Waals surface area contributed by atoms with Gasteiger partial charge in [0.05, 0.1) is 5.69 Å². The van der Waals surface area contributed by atoms with E-state index in [4.69, 9.17) is 27.9 Å². The van der Waals surface area contributed by atoms with E-state index >= 15 is 4.39 Å². The molecule has 46 heavy (non-hydrogen) atoms. The Balaban J connectivity index is 1.75. The van der Waals surface area contributed by atoms with Crippen LogP contribution in [0.2, 0.25) is 25.7 Å². The zero-order valence-corrected chi connectivity index (χ0v) is 30.9. The highest BCUT2D eigenvalue weighted by atomic mass is 35.5. The van der Waals surface area contributed by atoms with Crippen LogP contribution in [0.5, 0.6) is 0 Å². The minimum Gasteiger partial charge on any atom is -0.360 e. The van der Waals surface area contributed by atoms with Crippen molar-refractivity contribution in [3.8, 4) is 11.1 Å². The molecule has 0 spiro atoms. The monoisotopic (exact) mass is 713 g/mol. The molecule has 0 aliphatic heterocycles. The molecule has 254 valence electrons. The minimum absolute atomic E-state index is 0.0259. The van der Waals surface area contributed by atoms with Gasteiger partial charge in [0.15, 0.2) is 0 Å². The Morgan fingerprint density at radius 2 is 1.89 bits per heavy atom. The zero-order chi connectivity index (χ0) is 33.9. The van der Waals surface area contributed by atoms with Crippen molar-refractivity contribution < 1.29 is 18.7 Å². The first kappa shape index (κ1) is 38.0. The summed E-state index contributed by atoms with van der Waals surface area (Å²) in [5.41, 5.74) is 2.81. The molecule has 2 N–H and O–H groups in total. The Morgan fingerprint density at radius 3 is 2.54 bits per heavy atom. The summed E-state index contributed by atoms with van der Waals surface area (Å²) in [7, 11) is -1.23. The number of amides is 2. The van der Waals surface area contributed by atoms with Crippen molar-refractivity contribution >= 4 is 60.7 Å². The Hall–Kier alpha value is -2.45. The van der Waals surface area contributed by atoms with Crippen LogP contribution in [0.25, 0.3) is 11.1 Å². The van der Waals surface area contributed by atoms with Gasteiger partial charge >= 0.3 is 0 Å². The first-order valence-electron chi connectivity index (χ1n) is 15.6. The number of rotatable bonds is 19. The Morgan fingerprint density at radius 1 is 1.13 bits per heavy atom. The van der Waals surface area contributed by atoms with E-state index < -0.39 is 36.7 Å². The van der Waals surface area contributed by atoms with E-state index in [-0.39, 0.29) is 24.5 Å². The number of ether oxygens (including phenoxy) is 1. The van der Waals surface area contributed by atoms with E-state index in [1.807, 2.05) is 20.1 Å². The SMILES string of the molecule is CCc1c(-c2ccc(NC(=O)[C@H](CCCC(Cl)Cl)NC(=O)c3ccnn3CCCSC)nc2F)c(C)nn1COCC[Si](C)(C)C. The number of aryl methyl sites for hydroxylation is 2. The molecule has 0 aromatic carbocycles. The van der Waals surface area contributed by atoms with Crippen molar-refractivity contribution in [1.29, 1.82) is 0 Å². The maximum absolute atomic E-state index is 15.6. The third-order valence-corrected chi connectivity index (χ3v) is 10.2. The summed E-state index contributed by atoms with van der Waals surface area (Å²) in [4.78, 5) is 30.1. The largest absolute Gasteiger partial charge is 0.360 e. The lowest BCUT2D eigenvalue weighted by Crippen LogP contribution is -2.44. The number of anilines is 1. The van der Waals surface area contributed by atoms with Crippen LogP contribution in [0.4, 0.5) is 10.2 Å². The highest BCUT2D eigenvalue weighted by Gasteiger charge is 2.25. The van der Waals surface area contributed by atoms with Crippen molar-refractivity contribution in [2.24, 2.45) is 0 Å². The molecule has 1 atom stereocenters. The molecule has 3 rings (SSSR count). The fourth-order valence-electron chi connectivity index (χ4n) is 4.92. The molecule has 0 saturated heterocycles. The molecule has 15 heteroatoms. The molecule has 0 radical (unpaired) electrons. The summed E-state index contributed by atoms with van der Waals surface area (Å²) in [6.07, 6.45) is 6.23. The van der Waals surface area contributed by atoms with Gasteiger partial charge in [-0.05, 0) is 75.3 Å². The number of thioether (sulfide) groups is 1. The highest BCUT2D eigenvalue weighted by molar-refractivity contribution is 7.98.